The summed E-state index contributed by atoms with van der Waals surface area (Å²) in [6, 6.07) is 4.49. The molecule has 11 heteroatoms. The van der Waals surface area contributed by atoms with Crippen LogP contribution in [0.15, 0.2) is 24.4 Å². The topological polar surface area (TPSA) is 117 Å². The minimum Gasteiger partial charge on any atom is -0.490 e. The molecule has 1 saturated heterocycles. The van der Waals surface area contributed by atoms with Gasteiger partial charge in [-0.15, -0.1) is 0 Å². The summed E-state index contributed by atoms with van der Waals surface area (Å²) in [7, 11) is 5.03. The first-order valence-electron chi connectivity index (χ1n) is 12.5. The van der Waals surface area contributed by atoms with Gasteiger partial charge in [-0.3, -0.25) is 24.7 Å². The number of rotatable bonds is 9. The van der Waals surface area contributed by atoms with E-state index in [1.165, 1.54) is 4.90 Å². The third-order valence-corrected chi connectivity index (χ3v) is 6.26. The van der Waals surface area contributed by atoms with Gasteiger partial charge in [0.15, 0.2) is 6.29 Å². The molecule has 38 heavy (non-hydrogen) atoms. The number of nitrogens with zero attached hydrogens (tertiary/aromatic N) is 5. The number of carbonyl (C=O) groups is 3. The van der Waals surface area contributed by atoms with Gasteiger partial charge >= 0.3 is 6.03 Å². The van der Waals surface area contributed by atoms with Gasteiger partial charge in [-0.1, -0.05) is 17.9 Å². The molecule has 0 aromatic carbocycles. The molecule has 3 heterocycles. The molecule has 2 fully saturated rings. The maximum atomic E-state index is 13.0. The number of anilines is 2. The Hall–Kier alpha value is -4.01. The van der Waals surface area contributed by atoms with Gasteiger partial charge < -0.3 is 14.4 Å². The lowest BCUT2D eigenvalue weighted by atomic mass is 10.1. The minimum atomic E-state index is -0.497. The third-order valence-electron chi connectivity index (χ3n) is 6.26. The molecule has 0 atom stereocenters. The predicted octanol–water partition coefficient (Wildman–Crippen LogP) is 2.02. The molecule has 0 unspecified atom stereocenters. The van der Waals surface area contributed by atoms with E-state index in [4.69, 9.17) is 9.47 Å². The molecular weight excluding hydrogens is 488 g/mol. The molecule has 0 bridgehead atoms. The van der Waals surface area contributed by atoms with Gasteiger partial charge in [0, 0.05) is 57.5 Å². The molecule has 3 amide bonds. The molecule has 4 rings (SSSR count). The summed E-state index contributed by atoms with van der Waals surface area (Å²) in [4.78, 5) is 50.7. The van der Waals surface area contributed by atoms with Crippen LogP contribution < -0.4 is 15.0 Å². The average molecular weight is 521 g/mol. The van der Waals surface area contributed by atoms with E-state index < -0.39 is 6.03 Å². The van der Waals surface area contributed by atoms with Crippen molar-refractivity contribution in [1.29, 1.82) is 0 Å². The zero-order chi connectivity index (χ0) is 27.1. The number of ether oxygens (including phenoxy) is 2. The maximum absolute atomic E-state index is 13.0. The normalized spacial score (nSPS) is 15.4. The number of nitrogens with one attached hydrogen (secondary N) is 1. The molecular formula is C27H32N6O5. The maximum Gasteiger partial charge on any atom is 0.328 e. The van der Waals surface area contributed by atoms with Gasteiger partial charge in [0.2, 0.25) is 5.91 Å². The number of likely N-dealkylation sites (N-methyl/N-ethyl adjacent to an activating group) is 1. The monoisotopic (exact) mass is 520 g/mol. The van der Waals surface area contributed by atoms with E-state index in [2.05, 4.69) is 27.1 Å². The molecule has 0 spiro atoms. The second-order valence-electron chi connectivity index (χ2n) is 9.32. The summed E-state index contributed by atoms with van der Waals surface area (Å²) in [5, 5.41) is 2.73. The van der Waals surface area contributed by atoms with Gasteiger partial charge in [0.25, 0.3) is 0 Å². The molecule has 2 aromatic heterocycles. The van der Waals surface area contributed by atoms with Crippen molar-refractivity contribution >= 4 is 29.9 Å². The number of carbonyl (C=O) groups excluding carboxylic acids is 3. The van der Waals surface area contributed by atoms with Crippen LogP contribution in [-0.4, -0.2) is 92.0 Å². The zero-order valence-corrected chi connectivity index (χ0v) is 21.9. The number of pyridine rings is 2. The summed E-state index contributed by atoms with van der Waals surface area (Å²) < 4.78 is 10.9. The molecule has 11 nitrogen and oxygen atoms in total. The predicted molar refractivity (Wildman–Crippen MR) is 141 cm³/mol. The Morgan fingerprint density at radius 2 is 2.11 bits per heavy atom. The fourth-order valence-corrected chi connectivity index (χ4v) is 3.77. The number of amides is 3. The second kappa shape index (κ2) is 12.5. The van der Waals surface area contributed by atoms with Crippen LogP contribution >= 0.6 is 0 Å². The quantitative estimate of drug-likeness (QED) is 0.303. The third kappa shape index (κ3) is 7.06. The number of hydrogen-bond donors (Lipinski definition) is 1. The van der Waals surface area contributed by atoms with Crippen LogP contribution in [0.4, 0.5) is 16.4 Å². The van der Waals surface area contributed by atoms with Crippen molar-refractivity contribution in [3.8, 4) is 17.6 Å². The van der Waals surface area contributed by atoms with Crippen LogP contribution in [0, 0.1) is 17.8 Å². The lowest BCUT2D eigenvalue weighted by molar-refractivity contribution is -0.136. The van der Waals surface area contributed by atoms with E-state index in [9.17, 15) is 14.4 Å². The van der Waals surface area contributed by atoms with Gasteiger partial charge in [-0.25, -0.2) is 14.8 Å². The first-order chi connectivity index (χ1) is 18.4. The molecule has 2 aromatic rings. The molecule has 1 saturated carbocycles. The summed E-state index contributed by atoms with van der Waals surface area (Å²) in [5.41, 5.74) is 1.45. The Labute approximate surface area is 222 Å². The zero-order valence-electron chi connectivity index (χ0n) is 21.9. The lowest BCUT2D eigenvalue weighted by Gasteiger charge is -2.32. The van der Waals surface area contributed by atoms with Gasteiger partial charge in [0.05, 0.1) is 18.7 Å². The fraction of sp³-hybridized carbons (Fsp3) is 0.444. The lowest BCUT2D eigenvalue weighted by Crippen LogP contribution is -2.48. The van der Waals surface area contributed by atoms with E-state index >= 15 is 0 Å². The molecule has 1 aliphatic heterocycles. The van der Waals surface area contributed by atoms with Gasteiger partial charge in [0.1, 0.15) is 29.7 Å². The molecule has 200 valence electrons. The van der Waals surface area contributed by atoms with Crippen molar-refractivity contribution in [3.63, 3.8) is 0 Å². The number of hydrogen-bond acceptors (Lipinski definition) is 8. The van der Waals surface area contributed by atoms with Crippen LogP contribution in [0.3, 0.4) is 0 Å². The Morgan fingerprint density at radius 3 is 2.82 bits per heavy atom. The van der Waals surface area contributed by atoms with Crippen molar-refractivity contribution in [3.05, 3.63) is 41.2 Å². The highest BCUT2D eigenvalue weighted by atomic mass is 16.5. The SMILES string of the molecule is COCCOc1cc(NC(=O)N(C)c2ccc(CN3CCN(C)CC3=O)c(C=O)n2)ncc1C#CC1CC1. The second-order valence-corrected chi connectivity index (χ2v) is 9.32. The Bertz CT molecular complexity index is 1250. The molecule has 1 N–H and O–H groups in total. The van der Waals surface area contributed by atoms with Crippen molar-refractivity contribution in [2.24, 2.45) is 5.92 Å². The minimum absolute atomic E-state index is 0.00113. The summed E-state index contributed by atoms with van der Waals surface area (Å²) >= 11 is 0. The van der Waals surface area contributed by atoms with Crippen LogP contribution in [0.5, 0.6) is 5.75 Å². The Balaban J connectivity index is 1.45. The van der Waals surface area contributed by atoms with Crippen molar-refractivity contribution in [2.75, 3.05) is 64.3 Å². The number of methoxy groups -OCH3 is 1. The van der Waals surface area contributed by atoms with E-state index in [1.54, 1.807) is 43.5 Å². The van der Waals surface area contributed by atoms with E-state index in [0.717, 1.165) is 19.4 Å². The molecule has 2 aliphatic rings. The Morgan fingerprint density at radius 1 is 1.29 bits per heavy atom. The number of urea groups is 1. The highest BCUT2D eigenvalue weighted by Crippen LogP contribution is 2.28. The van der Waals surface area contributed by atoms with Crippen molar-refractivity contribution in [1.82, 2.24) is 19.8 Å². The fourth-order valence-electron chi connectivity index (χ4n) is 3.77. The smallest absolute Gasteiger partial charge is 0.328 e. The Kier molecular flexibility index (Phi) is 8.89. The standard InChI is InChI=1S/C27H32N6O5/c1-31-10-11-33(26(35)17-31)16-21-8-9-25(29-22(21)18-34)32(2)27(36)30-24-14-23(38-13-12-37-3)20(15-28-24)7-6-19-4-5-19/h8-9,14-15,18-19H,4-5,10-13,16-17H2,1-3H3,(H,28,30,36). The first-order valence-corrected chi connectivity index (χ1v) is 12.5. The van der Waals surface area contributed by atoms with Crippen LogP contribution in [-0.2, 0) is 16.1 Å². The van der Waals surface area contributed by atoms with Crippen LogP contribution in [0.2, 0.25) is 0 Å². The molecule has 0 radical (unpaired) electrons. The van der Waals surface area contributed by atoms with Crippen molar-refractivity contribution in [2.45, 2.75) is 19.4 Å². The largest absolute Gasteiger partial charge is 0.490 e. The summed E-state index contributed by atoms with van der Waals surface area (Å²) in [6.45, 7) is 2.70. The first kappa shape index (κ1) is 27.0. The summed E-state index contributed by atoms with van der Waals surface area (Å²) in [5.74, 6) is 7.80. The van der Waals surface area contributed by atoms with Crippen LogP contribution in [0.25, 0.3) is 0 Å². The van der Waals surface area contributed by atoms with E-state index in [0.29, 0.717) is 55.4 Å². The highest BCUT2D eigenvalue weighted by Gasteiger charge is 2.23. The highest BCUT2D eigenvalue weighted by molar-refractivity contribution is 6.00. The molecule has 1 aliphatic carbocycles. The van der Waals surface area contributed by atoms with E-state index in [1.807, 2.05) is 11.9 Å². The number of aldehydes is 1. The summed E-state index contributed by atoms with van der Waals surface area (Å²) in [6.07, 6.45) is 4.42. The number of piperazine rings is 1. The average Bonchev–Trinajstić information content (AvgIpc) is 3.74. The van der Waals surface area contributed by atoms with Gasteiger partial charge in [-0.2, -0.15) is 0 Å². The van der Waals surface area contributed by atoms with Crippen LogP contribution in [0.1, 0.15) is 34.5 Å². The van der Waals surface area contributed by atoms with E-state index in [-0.39, 0.29) is 29.8 Å². The number of aromatic nitrogens is 2. The van der Waals surface area contributed by atoms with Gasteiger partial charge in [-0.05, 0) is 26.0 Å². The van der Waals surface area contributed by atoms with Crippen molar-refractivity contribution < 1.29 is 23.9 Å².